The lowest BCUT2D eigenvalue weighted by Crippen LogP contribution is -2.21. The standard InChI is InChI=1S/C12H25NO3/c1-13(9-5-3-4-6-11-14)10-7-8-12(15)16-2/h14H,3-11H2,1-2H3. The van der Waals surface area contributed by atoms with E-state index in [2.05, 4.69) is 16.7 Å². The van der Waals surface area contributed by atoms with Crippen molar-refractivity contribution in [3.8, 4) is 0 Å². The molecule has 0 aromatic carbocycles. The normalized spacial score (nSPS) is 10.8. The first-order valence-corrected chi connectivity index (χ1v) is 6.07. The van der Waals surface area contributed by atoms with E-state index in [-0.39, 0.29) is 5.97 Å². The monoisotopic (exact) mass is 231 g/mol. The zero-order valence-electron chi connectivity index (χ0n) is 10.6. The number of nitrogens with zero attached hydrogens (tertiary/aromatic N) is 1. The molecule has 16 heavy (non-hydrogen) atoms. The molecular formula is C12H25NO3. The van der Waals surface area contributed by atoms with Crippen LogP contribution in [-0.2, 0) is 9.53 Å². The lowest BCUT2D eigenvalue weighted by atomic mass is 10.2. The highest BCUT2D eigenvalue weighted by molar-refractivity contribution is 5.69. The molecule has 0 radical (unpaired) electrons. The van der Waals surface area contributed by atoms with Gasteiger partial charge in [0, 0.05) is 13.0 Å². The summed E-state index contributed by atoms with van der Waals surface area (Å²) in [5.74, 6) is -0.128. The zero-order chi connectivity index (χ0) is 12.2. The van der Waals surface area contributed by atoms with E-state index in [0.717, 1.165) is 38.8 Å². The average molecular weight is 231 g/mol. The fourth-order valence-corrected chi connectivity index (χ4v) is 1.55. The maximum atomic E-state index is 10.9. The van der Waals surface area contributed by atoms with Crippen molar-refractivity contribution in [2.75, 3.05) is 33.9 Å². The highest BCUT2D eigenvalue weighted by atomic mass is 16.5. The van der Waals surface area contributed by atoms with Gasteiger partial charge in [-0.1, -0.05) is 12.8 Å². The summed E-state index contributed by atoms with van der Waals surface area (Å²) in [7, 11) is 3.50. The van der Waals surface area contributed by atoms with Gasteiger partial charge in [0.05, 0.1) is 7.11 Å². The van der Waals surface area contributed by atoms with Gasteiger partial charge in [-0.2, -0.15) is 0 Å². The summed E-state index contributed by atoms with van der Waals surface area (Å²) in [5, 5.41) is 8.61. The number of methoxy groups -OCH3 is 1. The van der Waals surface area contributed by atoms with Crippen LogP contribution in [0.1, 0.15) is 38.5 Å². The first-order chi connectivity index (χ1) is 7.70. The van der Waals surface area contributed by atoms with E-state index >= 15 is 0 Å². The quantitative estimate of drug-likeness (QED) is 0.456. The van der Waals surface area contributed by atoms with Gasteiger partial charge in [0.1, 0.15) is 0 Å². The summed E-state index contributed by atoms with van der Waals surface area (Å²) < 4.78 is 4.58. The van der Waals surface area contributed by atoms with Crippen LogP contribution in [0.3, 0.4) is 0 Å². The number of unbranched alkanes of at least 4 members (excludes halogenated alkanes) is 3. The van der Waals surface area contributed by atoms with Gasteiger partial charge in [-0.25, -0.2) is 0 Å². The van der Waals surface area contributed by atoms with Gasteiger partial charge in [-0.05, 0) is 39.4 Å². The maximum Gasteiger partial charge on any atom is 0.305 e. The van der Waals surface area contributed by atoms with Gasteiger partial charge in [-0.15, -0.1) is 0 Å². The van der Waals surface area contributed by atoms with Gasteiger partial charge in [0.15, 0.2) is 0 Å². The van der Waals surface area contributed by atoms with Crippen LogP contribution in [0.15, 0.2) is 0 Å². The van der Waals surface area contributed by atoms with Crippen molar-refractivity contribution in [3.05, 3.63) is 0 Å². The molecule has 0 aromatic heterocycles. The van der Waals surface area contributed by atoms with Crippen molar-refractivity contribution in [2.24, 2.45) is 0 Å². The summed E-state index contributed by atoms with van der Waals surface area (Å²) in [6.07, 6.45) is 5.71. The van der Waals surface area contributed by atoms with E-state index in [1.54, 1.807) is 0 Å². The molecular weight excluding hydrogens is 206 g/mol. The predicted molar refractivity (Wildman–Crippen MR) is 64.3 cm³/mol. The van der Waals surface area contributed by atoms with Crippen molar-refractivity contribution in [3.63, 3.8) is 0 Å². The Bertz CT molecular complexity index is 174. The Morgan fingerprint density at radius 1 is 1.12 bits per heavy atom. The van der Waals surface area contributed by atoms with Crippen LogP contribution >= 0.6 is 0 Å². The summed E-state index contributed by atoms with van der Waals surface area (Å²) in [6, 6.07) is 0. The molecule has 0 fully saturated rings. The van der Waals surface area contributed by atoms with E-state index in [0.29, 0.717) is 13.0 Å². The van der Waals surface area contributed by atoms with Crippen LogP contribution in [0.25, 0.3) is 0 Å². The second kappa shape index (κ2) is 10.9. The van der Waals surface area contributed by atoms with Crippen LogP contribution in [0.5, 0.6) is 0 Å². The van der Waals surface area contributed by atoms with E-state index in [1.807, 2.05) is 0 Å². The van der Waals surface area contributed by atoms with Crippen LogP contribution in [0, 0.1) is 0 Å². The topological polar surface area (TPSA) is 49.8 Å². The first kappa shape index (κ1) is 15.4. The number of carbonyl (C=O) groups is 1. The lowest BCUT2D eigenvalue weighted by molar-refractivity contribution is -0.140. The number of aliphatic hydroxyl groups is 1. The minimum absolute atomic E-state index is 0.128. The molecule has 0 spiro atoms. The van der Waals surface area contributed by atoms with Gasteiger partial charge >= 0.3 is 5.97 Å². The van der Waals surface area contributed by atoms with E-state index < -0.39 is 0 Å². The molecule has 0 unspecified atom stereocenters. The number of aliphatic hydroxyl groups excluding tert-OH is 1. The number of hydrogen-bond donors (Lipinski definition) is 1. The van der Waals surface area contributed by atoms with E-state index in [1.165, 1.54) is 13.5 Å². The highest BCUT2D eigenvalue weighted by Gasteiger charge is 2.02. The first-order valence-electron chi connectivity index (χ1n) is 6.07. The minimum atomic E-state index is -0.128. The Labute approximate surface area is 98.6 Å². The van der Waals surface area contributed by atoms with Crippen LogP contribution in [0.4, 0.5) is 0 Å². The highest BCUT2D eigenvalue weighted by Crippen LogP contribution is 2.01. The van der Waals surface area contributed by atoms with Crippen molar-refractivity contribution >= 4 is 5.97 Å². The Balaban J connectivity index is 3.24. The molecule has 4 nitrogen and oxygen atoms in total. The van der Waals surface area contributed by atoms with E-state index in [4.69, 9.17) is 5.11 Å². The van der Waals surface area contributed by atoms with Crippen molar-refractivity contribution < 1.29 is 14.6 Å². The molecule has 0 rings (SSSR count). The van der Waals surface area contributed by atoms with Gasteiger partial charge < -0.3 is 14.7 Å². The zero-order valence-corrected chi connectivity index (χ0v) is 10.6. The van der Waals surface area contributed by atoms with Crippen molar-refractivity contribution in [1.82, 2.24) is 4.90 Å². The smallest absolute Gasteiger partial charge is 0.305 e. The Morgan fingerprint density at radius 2 is 1.75 bits per heavy atom. The molecule has 0 atom stereocenters. The van der Waals surface area contributed by atoms with Gasteiger partial charge in [0.25, 0.3) is 0 Å². The Kier molecular flexibility index (Phi) is 10.5. The lowest BCUT2D eigenvalue weighted by Gasteiger charge is -2.15. The van der Waals surface area contributed by atoms with Crippen LogP contribution in [-0.4, -0.2) is 49.8 Å². The van der Waals surface area contributed by atoms with Crippen LogP contribution < -0.4 is 0 Å². The molecule has 0 aliphatic rings. The predicted octanol–water partition coefficient (Wildman–Crippen LogP) is 1.42. The molecule has 96 valence electrons. The van der Waals surface area contributed by atoms with Crippen LogP contribution in [0.2, 0.25) is 0 Å². The van der Waals surface area contributed by atoms with E-state index in [9.17, 15) is 4.79 Å². The molecule has 0 saturated carbocycles. The molecule has 0 heterocycles. The second-order valence-corrected chi connectivity index (χ2v) is 4.12. The molecule has 0 saturated heterocycles. The van der Waals surface area contributed by atoms with Crippen molar-refractivity contribution in [1.29, 1.82) is 0 Å². The number of hydrogen-bond acceptors (Lipinski definition) is 4. The molecule has 0 aliphatic heterocycles. The molecule has 4 heteroatoms. The largest absolute Gasteiger partial charge is 0.469 e. The second-order valence-electron chi connectivity index (χ2n) is 4.12. The Morgan fingerprint density at radius 3 is 2.38 bits per heavy atom. The number of rotatable bonds is 10. The summed E-state index contributed by atoms with van der Waals surface area (Å²) in [5.41, 5.74) is 0. The molecule has 0 bridgehead atoms. The number of esters is 1. The molecule has 0 aromatic rings. The Hall–Kier alpha value is -0.610. The summed E-state index contributed by atoms with van der Waals surface area (Å²) in [4.78, 5) is 13.1. The number of ether oxygens (including phenoxy) is 1. The van der Waals surface area contributed by atoms with Crippen molar-refractivity contribution in [2.45, 2.75) is 38.5 Å². The minimum Gasteiger partial charge on any atom is -0.469 e. The molecule has 0 amide bonds. The third-order valence-corrected chi connectivity index (χ3v) is 2.60. The fourth-order valence-electron chi connectivity index (χ4n) is 1.55. The maximum absolute atomic E-state index is 10.9. The summed E-state index contributed by atoms with van der Waals surface area (Å²) >= 11 is 0. The molecule has 0 aliphatic carbocycles. The fraction of sp³-hybridized carbons (Fsp3) is 0.917. The third kappa shape index (κ3) is 9.93. The SMILES string of the molecule is COC(=O)CCCN(C)CCCCCCO. The molecule has 1 N–H and O–H groups in total. The third-order valence-electron chi connectivity index (χ3n) is 2.60. The van der Waals surface area contributed by atoms with Gasteiger partial charge in [0.2, 0.25) is 0 Å². The average Bonchev–Trinajstić information content (AvgIpc) is 2.28. The number of carbonyl (C=O) groups excluding carboxylic acids is 1. The summed E-state index contributed by atoms with van der Waals surface area (Å²) in [6.45, 7) is 2.30. The van der Waals surface area contributed by atoms with Gasteiger partial charge in [-0.3, -0.25) is 4.79 Å².